The molecule has 1 N–H and O–H groups in total. The zero-order valence-corrected chi connectivity index (χ0v) is 14.4. The Morgan fingerprint density at radius 3 is 2.50 bits per heavy atom. The topological polar surface area (TPSA) is 49.4 Å². The molecule has 0 radical (unpaired) electrons. The zero-order valence-electron chi connectivity index (χ0n) is 12.9. The Morgan fingerprint density at radius 1 is 1.12 bits per heavy atom. The van der Waals surface area contributed by atoms with E-state index in [9.17, 15) is 18.4 Å². The predicted octanol–water partition coefficient (Wildman–Crippen LogP) is 4.11. The highest BCUT2D eigenvalue weighted by Crippen LogP contribution is 2.20. The molecule has 0 fully saturated rings. The Kier molecular flexibility index (Phi) is 6.03. The van der Waals surface area contributed by atoms with Gasteiger partial charge in [-0.15, -0.1) is 0 Å². The number of rotatable bonds is 5. The molecule has 126 valence electrons. The summed E-state index contributed by atoms with van der Waals surface area (Å²) >= 11 is 3.33. The highest BCUT2D eigenvalue weighted by atomic mass is 79.9. The Bertz CT molecular complexity index is 768. The molecule has 0 unspecified atom stereocenters. The lowest BCUT2D eigenvalue weighted by molar-refractivity contribution is -0.117. The third-order valence-corrected chi connectivity index (χ3v) is 3.76. The maximum atomic E-state index is 13.1. The Morgan fingerprint density at radius 2 is 1.88 bits per heavy atom. The third-order valence-electron chi connectivity index (χ3n) is 3.27. The molecule has 0 saturated carbocycles. The summed E-state index contributed by atoms with van der Waals surface area (Å²) in [5, 5.41) is 2.47. The monoisotopic (exact) mass is 396 g/mol. The van der Waals surface area contributed by atoms with Crippen LogP contribution in [0.3, 0.4) is 0 Å². The number of anilines is 2. The number of hydrogen-bond acceptors (Lipinski definition) is 2. The van der Waals surface area contributed by atoms with Crippen molar-refractivity contribution in [3.8, 4) is 0 Å². The Balaban J connectivity index is 2.00. The molecule has 2 aromatic rings. The molecule has 0 aliphatic rings. The fraction of sp³-hybridized carbons (Fsp3) is 0.176. The van der Waals surface area contributed by atoms with E-state index in [-0.39, 0.29) is 24.6 Å². The first kappa shape index (κ1) is 18.1. The average Bonchev–Trinajstić information content (AvgIpc) is 2.51. The number of nitrogens with zero attached hydrogens (tertiary/aromatic N) is 1. The molecule has 4 nitrogen and oxygen atoms in total. The van der Waals surface area contributed by atoms with Crippen LogP contribution in [-0.2, 0) is 9.59 Å². The zero-order chi connectivity index (χ0) is 17.7. The molecule has 7 heteroatoms. The van der Waals surface area contributed by atoms with E-state index in [1.807, 2.05) is 6.07 Å². The van der Waals surface area contributed by atoms with E-state index in [1.165, 1.54) is 17.9 Å². The summed E-state index contributed by atoms with van der Waals surface area (Å²) in [7, 11) is 0. The normalized spacial score (nSPS) is 10.3. The number of nitrogens with one attached hydrogen (secondary N) is 1. The maximum Gasteiger partial charge on any atom is 0.226 e. The van der Waals surface area contributed by atoms with E-state index in [0.717, 1.165) is 16.6 Å². The summed E-state index contributed by atoms with van der Waals surface area (Å²) in [6.07, 6.45) is 0.0189. The van der Waals surface area contributed by atoms with Crippen molar-refractivity contribution in [3.63, 3.8) is 0 Å². The van der Waals surface area contributed by atoms with Gasteiger partial charge in [-0.2, -0.15) is 0 Å². The van der Waals surface area contributed by atoms with Gasteiger partial charge in [0.05, 0.1) is 0 Å². The highest BCUT2D eigenvalue weighted by Gasteiger charge is 2.14. The molecule has 24 heavy (non-hydrogen) atoms. The SMILES string of the molecule is CC(=O)N(CCC(=O)Nc1ccc(F)c(F)c1)c1cccc(Br)c1. The van der Waals surface area contributed by atoms with Crippen molar-refractivity contribution in [3.05, 3.63) is 58.6 Å². The lowest BCUT2D eigenvalue weighted by Gasteiger charge is -2.21. The summed E-state index contributed by atoms with van der Waals surface area (Å²) in [6, 6.07) is 10.3. The molecule has 0 aliphatic heterocycles. The van der Waals surface area contributed by atoms with Gasteiger partial charge in [-0.05, 0) is 30.3 Å². The number of halogens is 3. The largest absolute Gasteiger partial charge is 0.326 e. The van der Waals surface area contributed by atoms with Crippen molar-refractivity contribution in [1.29, 1.82) is 0 Å². The van der Waals surface area contributed by atoms with E-state index in [1.54, 1.807) is 18.2 Å². The lowest BCUT2D eigenvalue weighted by Crippen LogP contribution is -2.31. The van der Waals surface area contributed by atoms with Crippen LogP contribution in [0.25, 0.3) is 0 Å². The fourth-order valence-electron chi connectivity index (χ4n) is 2.12. The molecule has 0 saturated heterocycles. The molecule has 2 amide bonds. The smallest absolute Gasteiger partial charge is 0.226 e. The van der Waals surface area contributed by atoms with E-state index in [4.69, 9.17) is 0 Å². The fourth-order valence-corrected chi connectivity index (χ4v) is 2.51. The van der Waals surface area contributed by atoms with E-state index < -0.39 is 17.5 Å². The second-order valence-corrected chi connectivity index (χ2v) is 5.99. The number of hydrogen-bond donors (Lipinski definition) is 1. The van der Waals surface area contributed by atoms with Gasteiger partial charge in [-0.25, -0.2) is 8.78 Å². The van der Waals surface area contributed by atoms with Crippen molar-refractivity contribution in [1.82, 2.24) is 0 Å². The molecule has 0 bridgehead atoms. The van der Waals surface area contributed by atoms with Crippen molar-refractivity contribution < 1.29 is 18.4 Å². The lowest BCUT2D eigenvalue weighted by atomic mass is 10.2. The summed E-state index contributed by atoms with van der Waals surface area (Å²) in [5.41, 5.74) is 0.827. The average molecular weight is 397 g/mol. The summed E-state index contributed by atoms with van der Waals surface area (Å²) in [4.78, 5) is 25.2. The van der Waals surface area contributed by atoms with Crippen LogP contribution < -0.4 is 10.2 Å². The van der Waals surface area contributed by atoms with Gasteiger partial charge in [0.2, 0.25) is 11.8 Å². The van der Waals surface area contributed by atoms with Gasteiger partial charge in [-0.1, -0.05) is 22.0 Å². The number of carbonyl (C=O) groups excluding carboxylic acids is 2. The van der Waals surface area contributed by atoms with Gasteiger partial charge in [0.1, 0.15) is 0 Å². The van der Waals surface area contributed by atoms with Crippen molar-refractivity contribution in [2.45, 2.75) is 13.3 Å². The van der Waals surface area contributed by atoms with Gasteiger partial charge in [-0.3, -0.25) is 9.59 Å². The maximum absolute atomic E-state index is 13.1. The molecule has 0 atom stereocenters. The summed E-state index contributed by atoms with van der Waals surface area (Å²) in [6.45, 7) is 1.58. The van der Waals surface area contributed by atoms with Crippen LogP contribution >= 0.6 is 15.9 Å². The van der Waals surface area contributed by atoms with Crippen LogP contribution in [0, 0.1) is 11.6 Å². The van der Waals surface area contributed by atoms with Gasteiger partial charge >= 0.3 is 0 Å². The molecule has 0 spiro atoms. The minimum atomic E-state index is -1.03. The first-order chi connectivity index (χ1) is 11.4. The van der Waals surface area contributed by atoms with E-state index in [2.05, 4.69) is 21.2 Å². The first-order valence-electron chi connectivity index (χ1n) is 7.15. The van der Waals surface area contributed by atoms with Gasteiger partial charge < -0.3 is 10.2 Å². The second kappa shape index (κ2) is 8.01. The number of benzene rings is 2. The van der Waals surface area contributed by atoms with Crippen LogP contribution in [0.15, 0.2) is 46.9 Å². The van der Waals surface area contributed by atoms with Crippen molar-refractivity contribution in [2.75, 3.05) is 16.8 Å². The number of amides is 2. The quantitative estimate of drug-likeness (QED) is 0.826. The minimum Gasteiger partial charge on any atom is -0.326 e. The van der Waals surface area contributed by atoms with Crippen molar-refractivity contribution in [2.24, 2.45) is 0 Å². The molecule has 2 rings (SSSR count). The van der Waals surface area contributed by atoms with Crippen LogP contribution in [0.4, 0.5) is 20.2 Å². The van der Waals surface area contributed by atoms with Crippen LogP contribution in [0.1, 0.15) is 13.3 Å². The molecule has 0 heterocycles. The summed E-state index contributed by atoms with van der Waals surface area (Å²) in [5.74, 6) is -2.62. The van der Waals surface area contributed by atoms with E-state index in [0.29, 0.717) is 5.69 Å². The van der Waals surface area contributed by atoms with E-state index >= 15 is 0 Å². The molecule has 2 aromatic carbocycles. The van der Waals surface area contributed by atoms with Crippen LogP contribution in [0.5, 0.6) is 0 Å². The van der Waals surface area contributed by atoms with Gasteiger partial charge in [0, 0.05) is 41.8 Å². The summed E-state index contributed by atoms with van der Waals surface area (Å²) < 4.78 is 26.8. The molecular formula is C17H15BrF2N2O2. The third kappa shape index (κ3) is 4.86. The molecule has 0 aliphatic carbocycles. The Hall–Kier alpha value is -2.28. The van der Waals surface area contributed by atoms with Gasteiger partial charge in [0.25, 0.3) is 0 Å². The standard InChI is InChI=1S/C17H15BrF2N2O2/c1-11(23)22(14-4-2-3-12(18)9-14)8-7-17(24)21-13-5-6-15(19)16(20)10-13/h2-6,9-10H,7-8H2,1H3,(H,21,24). The Labute approximate surface area is 146 Å². The molecule has 0 aromatic heterocycles. The minimum absolute atomic E-state index is 0.0189. The second-order valence-electron chi connectivity index (χ2n) is 5.08. The molecular weight excluding hydrogens is 382 g/mol. The number of carbonyl (C=O) groups is 2. The first-order valence-corrected chi connectivity index (χ1v) is 7.94. The van der Waals surface area contributed by atoms with Crippen molar-refractivity contribution >= 4 is 39.1 Å². The van der Waals surface area contributed by atoms with Crippen LogP contribution in [0.2, 0.25) is 0 Å². The van der Waals surface area contributed by atoms with Crippen LogP contribution in [-0.4, -0.2) is 18.4 Å². The predicted molar refractivity (Wildman–Crippen MR) is 91.8 cm³/mol. The highest BCUT2D eigenvalue weighted by molar-refractivity contribution is 9.10. The van der Waals surface area contributed by atoms with Gasteiger partial charge in [0.15, 0.2) is 11.6 Å².